The van der Waals surface area contributed by atoms with Crippen LogP contribution in [0.15, 0.2) is 11.6 Å². The Labute approximate surface area is 295 Å². The van der Waals surface area contributed by atoms with Crippen LogP contribution in [-0.4, -0.2) is 83.3 Å². The van der Waals surface area contributed by atoms with E-state index in [-0.39, 0.29) is 5.91 Å². The normalized spacial score (nSPS) is 32.4. The van der Waals surface area contributed by atoms with Crippen LogP contribution in [0.2, 0.25) is 0 Å². The molecule has 0 aliphatic heterocycles. The molecule has 0 heterocycles. The molecular weight excluding hydrogens is 658 g/mol. The Morgan fingerprint density at radius 1 is 0.851 bits per heavy atom. The van der Waals surface area contributed by atoms with Gasteiger partial charge in [-0.1, -0.05) is 81.5 Å². The molecule has 0 radical (unpaired) electrons. The monoisotopic (exact) mass is 725 g/mol. The average Bonchev–Trinajstić information content (AvgIpc) is 3.41. The van der Waals surface area contributed by atoms with Crippen molar-refractivity contribution in [3.05, 3.63) is 11.6 Å². The van der Waals surface area contributed by atoms with Gasteiger partial charge in [-0.25, -0.2) is 0 Å². The molecule has 0 aromatic heterocycles. The smallest absolute Gasteiger partial charge is 0.230 e. The van der Waals surface area contributed by atoms with Gasteiger partial charge in [0.15, 0.2) is 0 Å². The summed E-state index contributed by atoms with van der Waals surface area (Å²) in [6.45, 7) is 18.1. The van der Waals surface area contributed by atoms with Crippen LogP contribution in [0.3, 0.4) is 0 Å². The third-order valence-electron chi connectivity index (χ3n) is 12.6. The fraction of sp³-hybridized carbons (Fsp3) is 0.923. The second-order valence-electron chi connectivity index (χ2n) is 16.0. The number of hydrogen-bond donors (Lipinski definition) is 1. The molecule has 1 amide bonds. The number of hydrogen-bond acceptors (Lipinski definition) is 6. The summed E-state index contributed by atoms with van der Waals surface area (Å²) in [5.74, 6) is 5.28. The van der Waals surface area contributed by atoms with Gasteiger partial charge in [0.25, 0.3) is 0 Å². The van der Waals surface area contributed by atoms with E-state index in [4.69, 9.17) is 23.7 Å². The van der Waals surface area contributed by atoms with Crippen molar-refractivity contribution in [3.8, 4) is 0 Å². The van der Waals surface area contributed by atoms with Gasteiger partial charge in [0.05, 0.1) is 70.9 Å². The van der Waals surface area contributed by atoms with Crippen LogP contribution in [0.1, 0.15) is 105 Å². The van der Waals surface area contributed by atoms with Gasteiger partial charge < -0.3 is 29.0 Å². The maximum atomic E-state index is 11.1. The number of carbonyl (C=O) groups excluding carboxylic acids is 1. The lowest BCUT2D eigenvalue weighted by atomic mass is 9.47. The van der Waals surface area contributed by atoms with E-state index in [1.807, 2.05) is 0 Å². The topological polar surface area (TPSA) is 75.2 Å². The largest absolute Gasteiger partial charge is 0.377 e. The molecular formula is C39H68BrNO6. The molecule has 4 rings (SSSR count). The standard InChI is InChI=1S/C39H68BrNO6/c1-29(2)7-6-8-30(3)34-11-12-35-33-10-9-31-27-32(13-15-38(31,4)36(33)14-16-39(34,35)5)47-26-25-46-24-23-45-22-21-44-20-19-43-18-17-41-37(42)28-40/h9,29-30,32-36H,6-8,10-28H2,1-5H3,(H,41,42)/t30?,32-,33-,34+,35-,36-,38-,39+/m0/s1. The number of halogens is 1. The molecule has 3 saturated carbocycles. The number of nitrogens with one attached hydrogen (secondary N) is 1. The van der Waals surface area contributed by atoms with Crippen molar-refractivity contribution in [3.63, 3.8) is 0 Å². The van der Waals surface area contributed by atoms with Crippen molar-refractivity contribution in [2.45, 2.75) is 111 Å². The summed E-state index contributed by atoms with van der Waals surface area (Å²) in [7, 11) is 0. The Bertz CT molecular complexity index is 962. The second-order valence-corrected chi connectivity index (χ2v) is 16.5. The van der Waals surface area contributed by atoms with E-state index in [0.717, 1.165) is 41.9 Å². The summed E-state index contributed by atoms with van der Waals surface area (Å²) in [6.07, 6.45) is 17.9. The van der Waals surface area contributed by atoms with Crippen LogP contribution in [0, 0.1) is 46.3 Å². The Morgan fingerprint density at radius 2 is 1.51 bits per heavy atom. The molecule has 3 fully saturated rings. The van der Waals surface area contributed by atoms with E-state index in [1.165, 1.54) is 64.2 Å². The highest BCUT2D eigenvalue weighted by atomic mass is 79.9. The minimum Gasteiger partial charge on any atom is -0.377 e. The molecule has 1 unspecified atom stereocenters. The first kappa shape index (κ1) is 39.3. The van der Waals surface area contributed by atoms with Crippen LogP contribution >= 0.6 is 15.9 Å². The quantitative estimate of drug-likeness (QED) is 0.0693. The SMILES string of the molecule is CC(C)CCCC(C)[C@H]1CC[C@H]2[C@@H]3CC=C4C[C@@H](OCCOCCOCCOCCOCCNC(=O)CBr)CC[C@]4(C)[C@H]3CC[C@]12C. The van der Waals surface area contributed by atoms with Crippen molar-refractivity contribution in [2.24, 2.45) is 46.3 Å². The van der Waals surface area contributed by atoms with Crippen LogP contribution in [0.25, 0.3) is 0 Å². The summed E-state index contributed by atoms with van der Waals surface area (Å²) in [6, 6.07) is 0. The highest BCUT2D eigenvalue weighted by Crippen LogP contribution is 2.67. The molecule has 7 nitrogen and oxygen atoms in total. The van der Waals surface area contributed by atoms with Crippen molar-refractivity contribution in [1.29, 1.82) is 0 Å². The van der Waals surface area contributed by atoms with Crippen LogP contribution in [0.4, 0.5) is 0 Å². The van der Waals surface area contributed by atoms with Gasteiger partial charge in [0, 0.05) is 6.54 Å². The maximum absolute atomic E-state index is 11.1. The van der Waals surface area contributed by atoms with Gasteiger partial charge in [-0.3, -0.25) is 4.79 Å². The van der Waals surface area contributed by atoms with Crippen LogP contribution in [0.5, 0.6) is 0 Å². The molecule has 0 aromatic carbocycles. The summed E-state index contributed by atoms with van der Waals surface area (Å²) < 4.78 is 28.7. The third kappa shape index (κ3) is 11.0. The van der Waals surface area contributed by atoms with Gasteiger partial charge in [-0.15, -0.1) is 0 Å². The average molecular weight is 727 g/mol. The third-order valence-corrected chi connectivity index (χ3v) is 13.2. The molecule has 4 aliphatic rings. The van der Waals surface area contributed by atoms with Crippen LogP contribution in [-0.2, 0) is 28.5 Å². The number of rotatable bonds is 22. The van der Waals surface area contributed by atoms with E-state index < -0.39 is 0 Å². The highest BCUT2D eigenvalue weighted by molar-refractivity contribution is 9.09. The summed E-state index contributed by atoms with van der Waals surface area (Å²) in [5, 5.41) is 3.05. The molecule has 1 N–H and O–H groups in total. The van der Waals surface area contributed by atoms with Crippen LogP contribution < -0.4 is 5.32 Å². The number of allylic oxidation sites excluding steroid dienone is 1. The minimum absolute atomic E-state index is 0.0361. The first-order valence-corrected chi connectivity index (χ1v) is 20.3. The fourth-order valence-corrected chi connectivity index (χ4v) is 10.3. The summed E-state index contributed by atoms with van der Waals surface area (Å²) >= 11 is 3.11. The van der Waals surface area contributed by atoms with E-state index in [2.05, 4.69) is 61.9 Å². The van der Waals surface area contributed by atoms with E-state index in [9.17, 15) is 4.79 Å². The Hall–Kier alpha value is -0.510. The number of alkyl halides is 1. The molecule has 0 aromatic rings. The molecule has 8 atom stereocenters. The van der Waals surface area contributed by atoms with Crippen molar-refractivity contribution in [1.82, 2.24) is 5.32 Å². The van der Waals surface area contributed by atoms with Crippen molar-refractivity contribution in [2.75, 3.05) is 71.3 Å². The lowest BCUT2D eigenvalue weighted by Crippen LogP contribution is -2.51. The lowest BCUT2D eigenvalue weighted by Gasteiger charge is -2.58. The molecule has 8 heteroatoms. The zero-order valence-corrected chi connectivity index (χ0v) is 32.1. The first-order chi connectivity index (χ1) is 22.7. The van der Waals surface area contributed by atoms with Gasteiger partial charge in [-0.05, 0) is 97.7 Å². The minimum atomic E-state index is -0.0361. The number of ether oxygens (including phenoxy) is 5. The lowest BCUT2D eigenvalue weighted by molar-refractivity contribution is -0.118. The molecule has 0 bridgehead atoms. The van der Waals surface area contributed by atoms with Crippen molar-refractivity contribution < 1.29 is 28.5 Å². The molecule has 0 spiro atoms. The van der Waals surface area contributed by atoms with Gasteiger partial charge in [0.2, 0.25) is 5.91 Å². The van der Waals surface area contributed by atoms with Gasteiger partial charge in [0.1, 0.15) is 0 Å². The van der Waals surface area contributed by atoms with E-state index in [1.54, 1.807) is 5.57 Å². The summed E-state index contributed by atoms with van der Waals surface area (Å²) in [4.78, 5) is 11.1. The van der Waals surface area contributed by atoms with Gasteiger partial charge in [-0.2, -0.15) is 0 Å². The Balaban J connectivity index is 1.06. The van der Waals surface area contributed by atoms with E-state index >= 15 is 0 Å². The molecule has 47 heavy (non-hydrogen) atoms. The number of fused-ring (bicyclic) bond motifs is 5. The second kappa shape index (κ2) is 19.8. The highest BCUT2D eigenvalue weighted by Gasteiger charge is 2.59. The molecule has 4 aliphatic carbocycles. The maximum Gasteiger partial charge on any atom is 0.230 e. The summed E-state index contributed by atoms with van der Waals surface area (Å²) in [5.41, 5.74) is 2.64. The predicted molar refractivity (Wildman–Crippen MR) is 193 cm³/mol. The molecule has 272 valence electrons. The zero-order valence-electron chi connectivity index (χ0n) is 30.5. The first-order valence-electron chi connectivity index (χ1n) is 19.1. The molecule has 0 saturated heterocycles. The zero-order chi connectivity index (χ0) is 33.7. The van der Waals surface area contributed by atoms with E-state index in [0.29, 0.717) is 88.3 Å². The number of carbonyl (C=O) groups is 1. The predicted octanol–water partition coefficient (Wildman–Crippen LogP) is 7.99. The Morgan fingerprint density at radius 3 is 2.17 bits per heavy atom. The van der Waals surface area contributed by atoms with Gasteiger partial charge >= 0.3 is 0 Å². The Kier molecular flexibility index (Phi) is 16.5. The fourth-order valence-electron chi connectivity index (χ4n) is 10.1. The van der Waals surface area contributed by atoms with Crippen molar-refractivity contribution >= 4 is 21.8 Å². The number of amides is 1.